The van der Waals surface area contributed by atoms with Gasteiger partial charge in [0.1, 0.15) is 5.78 Å². The number of carbonyl (C=O) groups is 1. The first-order valence-corrected chi connectivity index (χ1v) is 3.61. The van der Waals surface area contributed by atoms with Crippen LogP contribution in [-0.2, 0) is 4.79 Å². The summed E-state index contributed by atoms with van der Waals surface area (Å²) in [5, 5.41) is 4.14. The van der Waals surface area contributed by atoms with Crippen molar-refractivity contribution < 1.29 is 4.79 Å². The minimum Gasteiger partial charge on any atom is -0.321 e. The highest BCUT2D eigenvalue weighted by Gasteiger charge is 2.24. The Balaban J connectivity index is 2.39. The molecule has 0 aromatic rings. The molecule has 3 heteroatoms. The normalized spacial score (nSPS) is 28.4. The minimum absolute atomic E-state index is 0.0853. The van der Waals surface area contributed by atoms with Gasteiger partial charge in [-0.1, -0.05) is 0 Å². The number of nitrogens with zero attached hydrogens (tertiary/aromatic N) is 1. The molecule has 1 fully saturated rings. The zero-order valence-corrected chi connectivity index (χ0v) is 6.21. The summed E-state index contributed by atoms with van der Waals surface area (Å²) in [5.41, 5.74) is 5.61. The van der Waals surface area contributed by atoms with Gasteiger partial charge in [-0.25, -0.2) is 5.32 Å². The van der Waals surface area contributed by atoms with Gasteiger partial charge in [-0.2, -0.15) is 0 Å². The molecule has 3 nitrogen and oxygen atoms in total. The molecule has 2 atom stereocenters. The third-order valence-corrected chi connectivity index (χ3v) is 2.00. The molecule has 2 N–H and O–H groups in total. The first kappa shape index (κ1) is 7.69. The van der Waals surface area contributed by atoms with E-state index < -0.39 is 0 Å². The van der Waals surface area contributed by atoms with Crippen molar-refractivity contribution >= 4 is 5.78 Å². The molecule has 57 valence electrons. The SMILES string of the molecule is CC(=O)C(N)C1CC[N]C1. The summed E-state index contributed by atoms with van der Waals surface area (Å²) in [6, 6.07) is -0.272. The molecule has 1 saturated heterocycles. The average molecular weight is 141 g/mol. The smallest absolute Gasteiger partial charge is 0.146 e. The molecule has 1 rings (SSSR count). The van der Waals surface area contributed by atoms with E-state index in [9.17, 15) is 4.79 Å². The Morgan fingerprint density at radius 2 is 2.50 bits per heavy atom. The Bertz CT molecular complexity index is 130. The van der Waals surface area contributed by atoms with Gasteiger partial charge in [0.05, 0.1) is 6.04 Å². The molecule has 1 radical (unpaired) electrons. The molecule has 1 heterocycles. The van der Waals surface area contributed by atoms with Gasteiger partial charge in [0, 0.05) is 13.1 Å². The van der Waals surface area contributed by atoms with Gasteiger partial charge in [-0.15, -0.1) is 0 Å². The molecule has 0 spiro atoms. The van der Waals surface area contributed by atoms with Gasteiger partial charge in [0.15, 0.2) is 0 Å². The quantitative estimate of drug-likeness (QED) is 0.565. The molecule has 0 aromatic carbocycles. The predicted octanol–water partition coefficient (Wildman–Crippen LogP) is -0.473. The van der Waals surface area contributed by atoms with Crippen LogP contribution in [0.3, 0.4) is 0 Å². The van der Waals surface area contributed by atoms with E-state index in [1.807, 2.05) is 0 Å². The topological polar surface area (TPSA) is 57.2 Å². The molecule has 1 aliphatic rings. The maximum Gasteiger partial charge on any atom is 0.146 e. The summed E-state index contributed by atoms with van der Waals surface area (Å²) in [6.45, 7) is 3.20. The van der Waals surface area contributed by atoms with Crippen LogP contribution in [0.4, 0.5) is 0 Å². The summed E-state index contributed by atoms with van der Waals surface area (Å²) in [7, 11) is 0. The minimum atomic E-state index is -0.272. The molecule has 0 saturated carbocycles. The fourth-order valence-electron chi connectivity index (χ4n) is 1.23. The summed E-state index contributed by atoms with van der Waals surface area (Å²) < 4.78 is 0. The van der Waals surface area contributed by atoms with Crippen LogP contribution in [0.15, 0.2) is 0 Å². The first-order valence-electron chi connectivity index (χ1n) is 3.61. The number of carbonyl (C=O) groups excluding carboxylic acids is 1. The van der Waals surface area contributed by atoms with E-state index in [-0.39, 0.29) is 11.8 Å². The lowest BCUT2D eigenvalue weighted by Gasteiger charge is -2.13. The number of ketones is 1. The van der Waals surface area contributed by atoms with Gasteiger partial charge in [0.25, 0.3) is 0 Å². The van der Waals surface area contributed by atoms with E-state index in [4.69, 9.17) is 5.73 Å². The summed E-state index contributed by atoms with van der Waals surface area (Å²) >= 11 is 0. The molecular weight excluding hydrogens is 128 g/mol. The fourth-order valence-corrected chi connectivity index (χ4v) is 1.23. The van der Waals surface area contributed by atoms with Gasteiger partial charge in [0.2, 0.25) is 0 Å². The zero-order chi connectivity index (χ0) is 7.56. The average Bonchev–Trinajstić information content (AvgIpc) is 2.36. The van der Waals surface area contributed by atoms with E-state index in [1.165, 1.54) is 0 Å². The van der Waals surface area contributed by atoms with E-state index in [0.717, 1.165) is 19.5 Å². The maximum absolute atomic E-state index is 10.8. The van der Waals surface area contributed by atoms with Gasteiger partial charge in [-0.3, -0.25) is 4.79 Å². The van der Waals surface area contributed by atoms with Crippen LogP contribution < -0.4 is 11.1 Å². The Morgan fingerprint density at radius 3 is 2.90 bits per heavy atom. The van der Waals surface area contributed by atoms with Gasteiger partial charge in [-0.05, 0) is 19.3 Å². The molecule has 0 aliphatic carbocycles. The van der Waals surface area contributed by atoms with Crippen molar-refractivity contribution in [2.45, 2.75) is 19.4 Å². The van der Waals surface area contributed by atoms with Crippen LogP contribution in [0.25, 0.3) is 0 Å². The third-order valence-electron chi connectivity index (χ3n) is 2.00. The summed E-state index contributed by atoms with van der Waals surface area (Å²) in [5.74, 6) is 0.402. The second-order valence-electron chi connectivity index (χ2n) is 2.81. The largest absolute Gasteiger partial charge is 0.321 e. The van der Waals surface area contributed by atoms with Gasteiger partial charge >= 0.3 is 0 Å². The second kappa shape index (κ2) is 3.12. The predicted molar refractivity (Wildman–Crippen MR) is 38.6 cm³/mol. The first-order chi connectivity index (χ1) is 4.72. The number of hydrogen-bond acceptors (Lipinski definition) is 2. The number of rotatable bonds is 2. The molecule has 0 amide bonds. The standard InChI is InChI=1S/C7H13N2O/c1-5(10)7(8)6-2-3-9-4-6/h6-7H,2-4,8H2,1H3. The number of Topliss-reactive ketones (excluding diaryl/α,β-unsaturated/α-hetero) is 1. The van der Waals surface area contributed by atoms with Crippen molar-refractivity contribution in [2.75, 3.05) is 13.1 Å². The van der Waals surface area contributed by atoms with E-state index in [2.05, 4.69) is 5.32 Å². The zero-order valence-electron chi connectivity index (χ0n) is 6.21. The number of hydrogen-bond donors (Lipinski definition) is 1. The Hall–Kier alpha value is -0.410. The van der Waals surface area contributed by atoms with E-state index in [1.54, 1.807) is 6.92 Å². The van der Waals surface area contributed by atoms with E-state index >= 15 is 0 Å². The molecule has 0 bridgehead atoms. The highest BCUT2D eigenvalue weighted by molar-refractivity contribution is 5.81. The summed E-state index contributed by atoms with van der Waals surface area (Å²) in [4.78, 5) is 10.8. The van der Waals surface area contributed by atoms with Crippen LogP contribution in [0, 0.1) is 5.92 Å². The second-order valence-corrected chi connectivity index (χ2v) is 2.81. The van der Waals surface area contributed by atoms with Crippen molar-refractivity contribution in [3.63, 3.8) is 0 Å². The molecule has 2 unspecified atom stereocenters. The van der Waals surface area contributed by atoms with Crippen molar-refractivity contribution in [1.82, 2.24) is 5.32 Å². The van der Waals surface area contributed by atoms with Crippen LogP contribution in [-0.4, -0.2) is 24.9 Å². The molecule has 1 aliphatic heterocycles. The number of nitrogens with two attached hydrogens (primary N) is 1. The lowest BCUT2D eigenvalue weighted by molar-refractivity contribution is -0.119. The monoisotopic (exact) mass is 141 g/mol. The highest BCUT2D eigenvalue weighted by atomic mass is 16.1. The van der Waals surface area contributed by atoms with Crippen molar-refractivity contribution in [3.05, 3.63) is 0 Å². The fraction of sp³-hybridized carbons (Fsp3) is 0.857. The third kappa shape index (κ3) is 1.55. The Morgan fingerprint density at radius 1 is 1.80 bits per heavy atom. The van der Waals surface area contributed by atoms with Crippen LogP contribution in [0.2, 0.25) is 0 Å². The summed E-state index contributed by atoms with van der Waals surface area (Å²) in [6.07, 6.45) is 0.987. The van der Waals surface area contributed by atoms with Crippen molar-refractivity contribution in [2.24, 2.45) is 11.7 Å². The molecule has 10 heavy (non-hydrogen) atoms. The van der Waals surface area contributed by atoms with Gasteiger partial charge < -0.3 is 5.73 Å². The van der Waals surface area contributed by atoms with E-state index in [0.29, 0.717) is 5.92 Å². The Kier molecular flexibility index (Phi) is 2.40. The van der Waals surface area contributed by atoms with Crippen molar-refractivity contribution in [3.8, 4) is 0 Å². The lowest BCUT2D eigenvalue weighted by Crippen LogP contribution is -2.37. The maximum atomic E-state index is 10.8. The van der Waals surface area contributed by atoms with Crippen LogP contribution >= 0.6 is 0 Å². The highest BCUT2D eigenvalue weighted by Crippen LogP contribution is 2.12. The lowest BCUT2D eigenvalue weighted by atomic mass is 9.97. The Labute approximate surface area is 61.0 Å². The molecular formula is C7H13N2O. The van der Waals surface area contributed by atoms with Crippen LogP contribution in [0.1, 0.15) is 13.3 Å². The van der Waals surface area contributed by atoms with Crippen LogP contribution in [0.5, 0.6) is 0 Å². The molecule has 0 aromatic heterocycles. The van der Waals surface area contributed by atoms with Crippen molar-refractivity contribution in [1.29, 1.82) is 0 Å².